The van der Waals surface area contributed by atoms with Crippen LogP contribution in [0.1, 0.15) is 25.8 Å². The number of benzene rings is 1. The van der Waals surface area contributed by atoms with Crippen molar-refractivity contribution in [2.45, 2.75) is 26.0 Å². The third-order valence-corrected chi connectivity index (χ3v) is 4.48. The van der Waals surface area contributed by atoms with Gasteiger partial charge in [-0.15, -0.1) is 0 Å². The number of fused-ring (bicyclic) bond motifs is 1. The van der Waals surface area contributed by atoms with Crippen molar-refractivity contribution < 1.29 is 9.47 Å². The van der Waals surface area contributed by atoms with E-state index in [0.717, 1.165) is 34.4 Å². The molecule has 1 aliphatic rings. The second-order valence-electron chi connectivity index (χ2n) is 4.72. The molecule has 0 aliphatic carbocycles. The van der Waals surface area contributed by atoms with Gasteiger partial charge < -0.3 is 15.2 Å². The summed E-state index contributed by atoms with van der Waals surface area (Å²) in [5, 5.41) is 0. The zero-order valence-electron chi connectivity index (χ0n) is 11.1. The molecule has 0 spiro atoms. The van der Waals surface area contributed by atoms with E-state index in [9.17, 15) is 0 Å². The zero-order valence-corrected chi connectivity index (χ0v) is 11.9. The second kappa shape index (κ2) is 6.23. The van der Waals surface area contributed by atoms with E-state index in [0.29, 0.717) is 13.2 Å². The first-order valence-electron chi connectivity index (χ1n) is 6.46. The standard InChI is InChI=1S/C14H21NO2S/c1-3-10(2)8-18-9-11-6-13-14(7-12(11)15)17-5-4-16-13/h6-7,10H,3-5,8-9,15H2,1-2H3. The van der Waals surface area contributed by atoms with Crippen LogP contribution in [0, 0.1) is 5.92 Å². The third kappa shape index (κ3) is 3.25. The van der Waals surface area contributed by atoms with Crippen LogP contribution in [0.4, 0.5) is 5.69 Å². The number of hydrogen-bond acceptors (Lipinski definition) is 4. The highest BCUT2D eigenvalue weighted by molar-refractivity contribution is 7.98. The Bertz CT molecular complexity index is 409. The second-order valence-corrected chi connectivity index (χ2v) is 5.75. The van der Waals surface area contributed by atoms with Crippen molar-refractivity contribution in [2.75, 3.05) is 24.7 Å². The molecule has 1 aliphatic heterocycles. The van der Waals surface area contributed by atoms with E-state index < -0.39 is 0 Å². The summed E-state index contributed by atoms with van der Waals surface area (Å²) in [6, 6.07) is 3.90. The Morgan fingerprint density at radius 2 is 1.94 bits per heavy atom. The van der Waals surface area contributed by atoms with E-state index >= 15 is 0 Å². The predicted octanol–water partition coefficient (Wildman–Crippen LogP) is 3.32. The van der Waals surface area contributed by atoms with Gasteiger partial charge in [0.05, 0.1) is 0 Å². The van der Waals surface area contributed by atoms with Crippen LogP contribution in [0.25, 0.3) is 0 Å². The van der Waals surface area contributed by atoms with Crippen LogP contribution in [0.15, 0.2) is 12.1 Å². The van der Waals surface area contributed by atoms with Crippen molar-refractivity contribution >= 4 is 17.4 Å². The van der Waals surface area contributed by atoms with E-state index in [2.05, 4.69) is 13.8 Å². The lowest BCUT2D eigenvalue weighted by Gasteiger charge is -2.20. The van der Waals surface area contributed by atoms with Crippen LogP contribution < -0.4 is 15.2 Å². The van der Waals surface area contributed by atoms with E-state index in [1.807, 2.05) is 23.9 Å². The monoisotopic (exact) mass is 267 g/mol. The number of hydrogen-bond donors (Lipinski definition) is 1. The Balaban J connectivity index is 2.00. The molecule has 18 heavy (non-hydrogen) atoms. The number of nitrogens with two attached hydrogens (primary N) is 1. The molecule has 100 valence electrons. The minimum absolute atomic E-state index is 0.606. The van der Waals surface area contributed by atoms with Gasteiger partial charge in [-0.2, -0.15) is 11.8 Å². The SMILES string of the molecule is CCC(C)CSCc1cc2c(cc1N)OCCO2. The van der Waals surface area contributed by atoms with Gasteiger partial charge in [-0.1, -0.05) is 20.3 Å². The van der Waals surface area contributed by atoms with Crippen molar-refractivity contribution in [3.05, 3.63) is 17.7 Å². The van der Waals surface area contributed by atoms with Crippen molar-refractivity contribution in [3.8, 4) is 11.5 Å². The Kier molecular flexibility index (Phi) is 4.64. The number of rotatable bonds is 5. The maximum Gasteiger partial charge on any atom is 0.163 e. The fourth-order valence-electron chi connectivity index (χ4n) is 1.76. The van der Waals surface area contributed by atoms with Crippen molar-refractivity contribution in [1.29, 1.82) is 0 Å². The lowest BCUT2D eigenvalue weighted by Crippen LogP contribution is -2.16. The van der Waals surface area contributed by atoms with Gasteiger partial charge in [0, 0.05) is 17.5 Å². The van der Waals surface area contributed by atoms with Gasteiger partial charge in [-0.3, -0.25) is 0 Å². The van der Waals surface area contributed by atoms with Crippen LogP contribution >= 0.6 is 11.8 Å². The molecule has 0 amide bonds. The molecular weight excluding hydrogens is 246 g/mol. The lowest BCUT2D eigenvalue weighted by molar-refractivity contribution is 0.171. The lowest BCUT2D eigenvalue weighted by atomic mass is 10.1. The summed E-state index contributed by atoms with van der Waals surface area (Å²) in [4.78, 5) is 0. The van der Waals surface area contributed by atoms with Crippen LogP contribution in [0.2, 0.25) is 0 Å². The maximum absolute atomic E-state index is 6.05. The highest BCUT2D eigenvalue weighted by Gasteiger charge is 2.14. The van der Waals surface area contributed by atoms with Gasteiger partial charge in [0.15, 0.2) is 11.5 Å². The van der Waals surface area contributed by atoms with Crippen LogP contribution in [-0.2, 0) is 5.75 Å². The molecule has 0 radical (unpaired) electrons. The third-order valence-electron chi connectivity index (χ3n) is 3.16. The number of nitrogen functional groups attached to an aromatic ring is 1. The minimum Gasteiger partial charge on any atom is -0.486 e. The highest BCUT2D eigenvalue weighted by Crippen LogP contribution is 2.35. The van der Waals surface area contributed by atoms with Crippen molar-refractivity contribution in [3.63, 3.8) is 0 Å². The summed E-state index contributed by atoms with van der Waals surface area (Å²) in [5.41, 5.74) is 7.99. The first-order valence-corrected chi connectivity index (χ1v) is 7.62. The maximum atomic E-state index is 6.05. The molecule has 1 aromatic rings. The van der Waals surface area contributed by atoms with Gasteiger partial charge in [0.1, 0.15) is 13.2 Å². The van der Waals surface area contributed by atoms with Gasteiger partial charge in [0.25, 0.3) is 0 Å². The van der Waals surface area contributed by atoms with Crippen molar-refractivity contribution in [2.24, 2.45) is 5.92 Å². The molecule has 0 aromatic heterocycles. The number of ether oxygens (including phenoxy) is 2. The van der Waals surface area contributed by atoms with Crippen LogP contribution in [0.3, 0.4) is 0 Å². The van der Waals surface area contributed by atoms with Gasteiger partial charge in [0.2, 0.25) is 0 Å². The Morgan fingerprint density at radius 1 is 1.28 bits per heavy atom. The predicted molar refractivity (Wildman–Crippen MR) is 77.5 cm³/mol. The molecule has 0 fully saturated rings. The molecule has 2 N–H and O–H groups in total. The van der Waals surface area contributed by atoms with E-state index in [1.165, 1.54) is 12.2 Å². The number of anilines is 1. The summed E-state index contributed by atoms with van der Waals surface area (Å²) in [6.07, 6.45) is 1.23. The zero-order chi connectivity index (χ0) is 13.0. The van der Waals surface area contributed by atoms with Crippen molar-refractivity contribution in [1.82, 2.24) is 0 Å². The summed E-state index contributed by atoms with van der Waals surface area (Å²) in [7, 11) is 0. The fourth-order valence-corrected chi connectivity index (χ4v) is 2.99. The smallest absolute Gasteiger partial charge is 0.163 e. The largest absolute Gasteiger partial charge is 0.486 e. The average Bonchev–Trinajstić information content (AvgIpc) is 2.39. The molecule has 2 rings (SSSR count). The van der Waals surface area contributed by atoms with Gasteiger partial charge in [-0.05, 0) is 23.3 Å². The Morgan fingerprint density at radius 3 is 2.61 bits per heavy atom. The molecule has 4 heteroatoms. The summed E-state index contributed by atoms with van der Waals surface area (Å²) >= 11 is 1.93. The molecule has 0 saturated carbocycles. The quantitative estimate of drug-likeness (QED) is 0.831. The van der Waals surface area contributed by atoms with Gasteiger partial charge >= 0.3 is 0 Å². The summed E-state index contributed by atoms with van der Waals surface area (Å²) in [6.45, 7) is 5.73. The molecule has 1 aromatic carbocycles. The van der Waals surface area contributed by atoms with Crippen LogP contribution in [0.5, 0.6) is 11.5 Å². The molecule has 0 saturated heterocycles. The van der Waals surface area contributed by atoms with Gasteiger partial charge in [-0.25, -0.2) is 0 Å². The molecule has 1 atom stereocenters. The summed E-state index contributed by atoms with van der Waals surface area (Å²) in [5.74, 6) is 4.47. The number of thioether (sulfide) groups is 1. The summed E-state index contributed by atoms with van der Waals surface area (Å²) < 4.78 is 11.1. The van der Waals surface area contributed by atoms with E-state index in [1.54, 1.807) is 0 Å². The van der Waals surface area contributed by atoms with Crippen LogP contribution in [-0.4, -0.2) is 19.0 Å². The first-order chi connectivity index (χ1) is 8.70. The van der Waals surface area contributed by atoms with E-state index in [-0.39, 0.29) is 0 Å². The molecule has 0 bridgehead atoms. The Hall–Kier alpha value is -1.03. The highest BCUT2D eigenvalue weighted by atomic mass is 32.2. The topological polar surface area (TPSA) is 44.5 Å². The molecule has 1 heterocycles. The van der Waals surface area contributed by atoms with E-state index in [4.69, 9.17) is 15.2 Å². The molecule has 3 nitrogen and oxygen atoms in total. The molecule has 1 unspecified atom stereocenters. The fraction of sp³-hybridized carbons (Fsp3) is 0.571. The minimum atomic E-state index is 0.606. The normalized spacial score (nSPS) is 15.4. The average molecular weight is 267 g/mol. The first kappa shape index (κ1) is 13.4. The molecular formula is C14H21NO2S. The Labute approximate surface area is 113 Å².